The van der Waals surface area contributed by atoms with Crippen LogP contribution in [0.2, 0.25) is 0 Å². The lowest BCUT2D eigenvalue weighted by Crippen LogP contribution is -2.52. The number of carbonyl (C=O) groups excluding carboxylic acids is 5. The lowest BCUT2D eigenvalue weighted by Gasteiger charge is -2.48. The van der Waals surface area contributed by atoms with Crippen LogP contribution >= 0.6 is 0 Å². The number of ketones is 5. The van der Waals surface area contributed by atoms with Crippen molar-refractivity contribution in [2.75, 3.05) is 0 Å². The Morgan fingerprint density at radius 2 is 1.59 bits per heavy atom. The number of carbonyl (C=O) groups is 5. The molecule has 0 radical (unpaired) electrons. The van der Waals surface area contributed by atoms with Crippen molar-refractivity contribution >= 4 is 28.9 Å². The zero-order chi connectivity index (χ0) is 30.3. The van der Waals surface area contributed by atoms with Crippen LogP contribution in [0.5, 0.6) is 0 Å². The van der Waals surface area contributed by atoms with E-state index >= 15 is 0 Å². The molecule has 0 amide bonds. The molecule has 0 spiro atoms. The molecule has 0 heterocycles. The fraction of sp³-hybridized carbons (Fsp3) is 0.694. The normalized spacial score (nSPS) is 29.0. The molecule has 3 rings (SSSR count). The van der Waals surface area contributed by atoms with Crippen molar-refractivity contribution < 1.29 is 24.0 Å². The Kier molecular flexibility index (Phi) is 11.8. The number of Topliss-reactive ketones (excluding diaryl/α,β-unsaturated/α-hetero) is 5. The minimum absolute atomic E-state index is 0.0111. The molecule has 41 heavy (non-hydrogen) atoms. The van der Waals surface area contributed by atoms with E-state index in [1.165, 1.54) is 13.3 Å². The lowest BCUT2D eigenvalue weighted by atomic mass is 9.53. The van der Waals surface area contributed by atoms with Gasteiger partial charge in [0.05, 0.1) is 0 Å². The van der Waals surface area contributed by atoms with Gasteiger partial charge in [-0.05, 0) is 63.2 Å². The average Bonchev–Trinajstić information content (AvgIpc) is 2.97. The van der Waals surface area contributed by atoms with Gasteiger partial charge in [0.25, 0.3) is 0 Å². The van der Waals surface area contributed by atoms with Gasteiger partial charge in [-0.15, -0.1) is 6.58 Å². The Morgan fingerprint density at radius 3 is 2.17 bits per heavy atom. The minimum Gasteiger partial charge on any atom is -0.300 e. The third-order valence-corrected chi connectivity index (χ3v) is 10.5. The molecular weight excluding hydrogens is 512 g/mol. The van der Waals surface area contributed by atoms with E-state index in [-0.39, 0.29) is 47.4 Å². The summed E-state index contributed by atoms with van der Waals surface area (Å²) in [7, 11) is 0. The van der Waals surface area contributed by atoms with Crippen molar-refractivity contribution in [2.45, 2.75) is 105 Å². The summed E-state index contributed by atoms with van der Waals surface area (Å²) in [5, 5.41) is 0. The molecule has 5 nitrogen and oxygen atoms in total. The standard InChI is InChI=1S/C36H52O5/c1-7-14-30(34(40)32(38)23(3)19-20-24(4)37)25(5)33(39)31-21-27-17-12-13-18-28(27)22-36(31,6)35(41)29(8-2)26-15-10-9-11-16-26/h8,12-13,17-18,23,25-31H,2,7,9-11,14-16,19-22H2,1,3-6H3/t23?,25?,27?,28?,29-,30?,31-,36?/m0/s1. The van der Waals surface area contributed by atoms with E-state index in [4.69, 9.17) is 0 Å². The first kappa shape index (κ1) is 33.1. The molecule has 226 valence electrons. The Labute approximate surface area is 247 Å². The molecule has 0 saturated heterocycles. The first-order valence-electron chi connectivity index (χ1n) is 16.1. The second kappa shape index (κ2) is 14.6. The molecule has 0 aromatic rings. The maximum Gasteiger partial charge on any atom is 0.202 e. The van der Waals surface area contributed by atoms with Crippen molar-refractivity contribution in [3.05, 3.63) is 37.0 Å². The minimum atomic E-state index is -0.864. The summed E-state index contributed by atoms with van der Waals surface area (Å²) in [5.41, 5.74) is -0.864. The van der Waals surface area contributed by atoms with Crippen molar-refractivity contribution in [2.24, 2.45) is 52.8 Å². The highest BCUT2D eigenvalue weighted by Gasteiger charge is 2.54. The van der Waals surface area contributed by atoms with Gasteiger partial charge in [-0.2, -0.15) is 0 Å². The molecule has 0 aliphatic heterocycles. The molecule has 0 N–H and O–H groups in total. The Bertz CT molecular complexity index is 1060. The molecule has 3 aliphatic carbocycles. The van der Waals surface area contributed by atoms with E-state index < -0.39 is 40.7 Å². The van der Waals surface area contributed by atoms with Crippen molar-refractivity contribution in [1.82, 2.24) is 0 Å². The zero-order valence-electron chi connectivity index (χ0n) is 26.0. The third-order valence-electron chi connectivity index (χ3n) is 10.5. The smallest absolute Gasteiger partial charge is 0.202 e. The van der Waals surface area contributed by atoms with Crippen LogP contribution in [0.15, 0.2) is 37.0 Å². The average molecular weight is 565 g/mol. The van der Waals surface area contributed by atoms with Gasteiger partial charge >= 0.3 is 0 Å². The highest BCUT2D eigenvalue weighted by Crippen LogP contribution is 2.52. The molecule has 0 aromatic heterocycles. The molecule has 6 unspecified atom stereocenters. The first-order chi connectivity index (χ1) is 19.5. The number of hydrogen-bond donors (Lipinski definition) is 0. The molecule has 2 fully saturated rings. The maximum absolute atomic E-state index is 14.5. The summed E-state index contributed by atoms with van der Waals surface area (Å²) in [5.74, 6) is -3.05. The quantitative estimate of drug-likeness (QED) is 0.152. The molecule has 2 saturated carbocycles. The van der Waals surface area contributed by atoms with Gasteiger partial charge in [-0.25, -0.2) is 0 Å². The summed E-state index contributed by atoms with van der Waals surface area (Å²) in [6.07, 6.45) is 18.6. The van der Waals surface area contributed by atoms with Crippen LogP contribution in [0, 0.1) is 52.8 Å². The summed E-state index contributed by atoms with van der Waals surface area (Å²) in [4.78, 5) is 67.1. The number of fused-ring (bicyclic) bond motifs is 1. The topological polar surface area (TPSA) is 85.3 Å². The van der Waals surface area contributed by atoms with Crippen LogP contribution in [-0.4, -0.2) is 28.9 Å². The van der Waals surface area contributed by atoms with Gasteiger partial charge in [0.15, 0.2) is 0 Å². The van der Waals surface area contributed by atoms with Gasteiger partial charge in [-0.3, -0.25) is 19.2 Å². The summed E-state index contributed by atoms with van der Waals surface area (Å²) in [6, 6.07) is 0. The van der Waals surface area contributed by atoms with Gasteiger partial charge < -0.3 is 4.79 Å². The Balaban J connectivity index is 1.92. The lowest BCUT2D eigenvalue weighted by molar-refractivity contribution is -0.151. The SMILES string of the molecule is C=C[C@H](C(=O)C1(C)CC2C=CC=CC2C[C@H]1C(=O)C(C)C(CCC)C(=O)C(=O)C(C)CCC(C)=O)C1CCCCC1. The monoisotopic (exact) mass is 564 g/mol. The Hall–Kier alpha value is -2.43. The predicted molar refractivity (Wildman–Crippen MR) is 163 cm³/mol. The van der Waals surface area contributed by atoms with E-state index in [1.54, 1.807) is 13.8 Å². The largest absolute Gasteiger partial charge is 0.300 e. The van der Waals surface area contributed by atoms with Crippen LogP contribution < -0.4 is 0 Å². The number of allylic oxidation sites excluding steroid dienone is 5. The van der Waals surface area contributed by atoms with Gasteiger partial charge in [0.2, 0.25) is 11.6 Å². The Morgan fingerprint density at radius 1 is 0.951 bits per heavy atom. The van der Waals surface area contributed by atoms with Gasteiger partial charge in [0.1, 0.15) is 17.3 Å². The van der Waals surface area contributed by atoms with Gasteiger partial charge in [0, 0.05) is 41.4 Å². The zero-order valence-corrected chi connectivity index (χ0v) is 26.0. The van der Waals surface area contributed by atoms with Crippen molar-refractivity contribution in [3.8, 4) is 0 Å². The number of rotatable bonds is 15. The van der Waals surface area contributed by atoms with Crippen molar-refractivity contribution in [3.63, 3.8) is 0 Å². The van der Waals surface area contributed by atoms with E-state index in [2.05, 4.69) is 18.7 Å². The predicted octanol–water partition coefficient (Wildman–Crippen LogP) is 7.48. The van der Waals surface area contributed by atoms with E-state index in [0.29, 0.717) is 32.1 Å². The van der Waals surface area contributed by atoms with Crippen LogP contribution in [-0.2, 0) is 24.0 Å². The summed E-state index contributed by atoms with van der Waals surface area (Å²) >= 11 is 0. The summed E-state index contributed by atoms with van der Waals surface area (Å²) in [6.45, 7) is 13.0. The molecular formula is C36H52O5. The molecule has 8 atom stereocenters. The fourth-order valence-corrected chi connectivity index (χ4v) is 7.84. The van der Waals surface area contributed by atoms with Crippen LogP contribution in [0.1, 0.15) is 105 Å². The number of hydrogen-bond acceptors (Lipinski definition) is 5. The molecule has 0 aromatic carbocycles. The van der Waals surface area contributed by atoms with Crippen LogP contribution in [0.4, 0.5) is 0 Å². The van der Waals surface area contributed by atoms with Crippen LogP contribution in [0.25, 0.3) is 0 Å². The fourth-order valence-electron chi connectivity index (χ4n) is 7.84. The third kappa shape index (κ3) is 7.51. The summed E-state index contributed by atoms with van der Waals surface area (Å²) < 4.78 is 0. The molecule has 5 heteroatoms. The van der Waals surface area contributed by atoms with E-state index in [9.17, 15) is 24.0 Å². The van der Waals surface area contributed by atoms with Crippen LogP contribution in [0.3, 0.4) is 0 Å². The molecule has 0 bridgehead atoms. The second-order valence-corrected chi connectivity index (χ2v) is 13.5. The maximum atomic E-state index is 14.5. The van der Waals surface area contributed by atoms with E-state index in [0.717, 1.165) is 25.7 Å². The van der Waals surface area contributed by atoms with Gasteiger partial charge in [-0.1, -0.05) is 83.8 Å². The highest BCUT2D eigenvalue weighted by molar-refractivity contribution is 6.39. The first-order valence-corrected chi connectivity index (χ1v) is 16.1. The van der Waals surface area contributed by atoms with E-state index in [1.807, 2.05) is 32.1 Å². The highest BCUT2D eigenvalue weighted by atomic mass is 16.2. The molecule has 3 aliphatic rings. The van der Waals surface area contributed by atoms with Crippen molar-refractivity contribution in [1.29, 1.82) is 0 Å². The second-order valence-electron chi connectivity index (χ2n) is 13.5.